The van der Waals surface area contributed by atoms with Gasteiger partial charge in [-0.3, -0.25) is 4.90 Å². The van der Waals surface area contributed by atoms with Crippen LogP contribution in [0.25, 0.3) is 11.3 Å². The van der Waals surface area contributed by atoms with E-state index in [1.54, 1.807) is 4.90 Å². The van der Waals surface area contributed by atoms with Crippen LogP contribution in [0.2, 0.25) is 0 Å². The minimum absolute atomic E-state index is 0.313. The third-order valence-electron chi connectivity index (χ3n) is 4.95. The largest absolute Gasteiger partial charge is 0.492 e. The number of likely N-dealkylation sites (tertiary alicyclic amines) is 1. The summed E-state index contributed by atoms with van der Waals surface area (Å²) in [6.07, 6.45) is 1.73. The lowest BCUT2D eigenvalue weighted by atomic mass is 10.1. The Hall–Kier alpha value is -2.22. The SMILES string of the molecule is CC(C)(C)OC(=O)N1CCC[C@H]1c1nc2c(n1O)CCOc1cc(Br)ccc1-2. The number of rotatable bonds is 1. The first-order valence-corrected chi connectivity index (χ1v) is 10.3. The number of carbonyl (C=O) groups excluding carboxylic acids is 1. The second kappa shape index (κ2) is 6.99. The molecule has 7 nitrogen and oxygen atoms in total. The third-order valence-corrected chi connectivity index (χ3v) is 5.44. The molecule has 0 radical (unpaired) electrons. The minimum Gasteiger partial charge on any atom is -0.492 e. The molecule has 0 aliphatic carbocycles. The summed E-state index contributed by atoms with van der Waals surface area (Å²) in [6, 6.07) is 5.45. The van der Waals surface area contributed by atoms with Gasteiger partial charge < -0.3 is 14.7 Å². The Morgan fingerprint density at radius 3 is 2.93 bits per heavy atom. The molecule has 0 saturated carbocycles. The van der Waals surface area contributed by atoms with Crippen molar-refractivity contribution >= 4 is 22.0 Å². The summed E-state index contributed by atoms with van der Waals surface area (Å²) in [5.41, 5.74) is 1.67. The molecule has 2 aromatic rings. The number of hydrogen-bond acceptors (Lipinski definition) is 5. The Labute approximate surface area is 172 Å². The first kappa shape index (κ1) is 19.1. The molecule has 3 heterocycles. The Kier molecular flexibility index (Phi) is 4.77. The topological polar surface area (TPSA) is 76.8 Å². The van der Waals surface area contributed by atoms with E-state index in [9.17, 15) is 10.0 Å². The first-order valence-electron chi connectivity index (χ1n) is 9.48. The molecule has 4 rings (SSSR count). The predicted molar refractivity (Wildman–Crippen MR) is 107 cm³/mol. The lowest BCUT2D eigenvalue weighted by molar-refractivity contribution is 0.0198. The van der Waals surface area contributed by atoms with Crippen LogP contribution < -0.4 is 4.74 Å². The van der Waals surface area contributed by atoms with E-state index >= 15 is 0 Å². The van der Waals surface area contributed by atoms with Crippen molar-refractivity contribution in [3.63, 3.8) is 0 Å². The number of aromatic nitrogens is 2. The molecule has 0 unspecified atom stereocenters. The van der Waals surface area contributed by atoms with E-state index < -0.39 is 5.60 Å². The smallest absolute Gasteiger partial charge is 0.410 e. The average Bonchev–Trinajstić information content (AvgIpc) is 3.15. The molecule has 1 fully saturated rings. The van der Waals surface area contributed by atoms with Crippen LogP contribution in [-0.2, 0) is 11.2 Å². The van der Waals surface area contributed by atoms with Crippen LogP contribution in [0.5, 0.6) is 5.75 Å². The van der Waals surface area contributed by atoms with Gasteiger partial charge >= 0.3 is 6.09 Å². The molecular formula is C20H24BrN3O4. The van der Waals surface area contributed by atoms with E-state index in [1.807, 2.05) is 39.0 Å². The molecule has 0 spiro atoms. The van der Waals surface area contributed by atoms with Crippen molar-refractivity contribution in [1.29, 1.82) is 0 Å². The fourth-order valence-electron chi connectivity index (χ4n) is 3.76. The highest BCUT2D eigenvalue weighted by Crippen LogP contribution is 2.40. The number of carbonyl (C=O) groups is 1. The monoisotopic (exact) mass is 449 g/mol. The second-order valence-electron chi connectivity index (χ2n) is 8.15. The average molecular weight is 450 g/mol. The van der Waals surface area contributed by atoms with Crippen molar-refractivity contribution in [2.45, 2.75) is 51.7 Å². The number of halogens is 1. The molecule has 28 heavy (non-hydrogen) atoms. The summed E-state index contributed by atoms with van der Waals surface area (Å²) in [5.74, 6) is 1.21. The maximum absolute atomic E-state index is 12.6. The van der Waals surface area contributed by atoms with Crippen LogP contribution in [0.1, 0.15) is 51.2 Å². The zero-order chi connectivity index (χ0) is 20.1. The van der Waals surface area contributed by atoms with Crippen LogP contribution in [0.15, 0.2) is 22.7 Å². The van der Waals surface area contributed by atoms with Crippen molar-refractivity contribution in [3.8, 4) is 17.0 Å². The molecule has 1 amide bonds. The lowest BCUT2D eigenvalue weighted by Gasteiger charge is -2.28. The fraction of sp³-hybridized carbons (Fsp3) is 0.500. The van der Waals surface area contributed by atoms with Gasteiger partial charge in [-0.15, -0.1) is 0 Å². The molecule has 1 atom stereocenters. The molecule has 2 aliphatic heterocycles. The summed E-state index contributed by atoms with van der Waals surface area (Å²) in [5, 5.41) is 10.9. The van der Waals surface area contributed by atoms with E-state index in [2.05, 4.69) is 15.9 Å². The van der Waals surface area contributed by atoms with Gasteiger partial charge in [-0.25, -0.2) is 9.78 Å². The van der Waals surface area contributed by atoms with E-state index in [1.165, 1.54) is 0 Å². The van der Waals surface area contributed by atoms with Crippen LogP contribution in [0, 0.1) is 0 Å². The first-order chi connectivity index (χ1) is 13.2. The lowest BCUT2D eigenvalue weighted by Crippen LogP contribution is -2.37. The van der Waals surface area contributed by atoms with Gasteiger partial charge in [0.2, 0.25) is 0 Å². The number of hydrogen-bond donors (Lipinski definition) is 1. The van der Waals surface area contributed by atoms with Gasteiger partial charge in [0.1, 0.15) is 11.4 Å². The van der Waals surface area contributed by atoms with Gasteiger partial charge in [0.05, 0.1) is 24.0 Å². The molecule has 2 aliphatic rings. The van der Waals surface area contributed by atoms with Crippen molar-refractivity contribution < 1.29 is 19.5 Å². The van der Waals surface area contributed by atoms with Crippen LogP contribution >= 0.6 is 15.9 Å². The molecule has 150 valence electrons. The van der Waals surface area contributed by atoms with Gasteiger partial charge in [-0.1, -0.05) is 15.9 Å². The fourth-order valence-corrected chi connectivity index (χ4v) is 4.10. The van der Waals surface area contributed by atoms with Crippen LogP contribution in [0.3, 0.4) is 0 Å². The summed E-state index contributed by atoms with van der Waals surface area (Å²) in [4.78, 5) is 19.1. The van der Waals surface area contributed by atoms with E-state index in [-0.39, 0.29) is 12.1 Å². The zero-order valence-electron chi connectivity index (χ0n) is 16.2. The summed E-state index contributed by atoms with van der Waals surface area (Å²) < 4.78 is 13.4. The van der Waals surface area contributed by atoms with Gasteiger partial charge in [0, 0.05) is 23.0 Å². The van der Waals surface area contributed by atoms with Gasteiger partial charge in [-0.05, 0) is 51.8 Å². The third kappa shape index (κ3) is 3.45. The van der Waals surface area contributed by atoms with Gasteiger partial charge in [0.25, 0.3) is 0 Å². The Morgan fingerprint density at radius 2 is 2.18 bits per heavy atom. The van der Waals surface area contributed by atoms with Crippen LogP contribution in [-0.4, -0.2) is 44.7 Å². The Morgan fingerprint density at radius 1 is 1.39 bits per heavy atom. The van der Waals surface area contributed by atoms with E-state index in [0.29, 0.717) is 36.8 Å². The second-order valence-corrected chi connectivity index (χ2v) is 9.06. The summed E-state index contributed by atoms with van der Waals surface area (Å²) in [7, 11) is 0. The summed E-state index contributed by atoms with van der Waals surface area (Å²) in [6.45, 7) is 6.58. The number of nitrogens with zero attached hydrogens (tertiary/aromatic N) is 3. The van der Waals surface area contributed by atoms with Gasteiger partial charge in [0.15, 0.2) is 5.82 Å². The minimum atomic E-state index is -0.570. The van der Waals surface area contributed by atoms with Crippen molar-refractivity contribution in [2.75, 3.05) is 13.2 Å². The molecule has 1 aromatic carbocycles. The predicted octanol–water partition coefficient (Wildman–Crippen LogP) is 4.56. The Balaban J connectivity index is 1.72. The molecule has 1 N–H and O–H groups in total. The normalized spacial score (nSPS) is 18.9. The molecule has 1 saturated heterocycles. The maximum Gasteiger partial charge on any atom is 0.410 e. The number of ether oxygens (including phenoxy) is 2. The maximum atomic E-state index is 12.6. The number of imidazole rings is 1. The number of amides is 1. The highest BCUT2D eigenvalue weighted by Gasteiger charge is 2.38. The van der Waals surface area contributed by atoms with Crippen LogP contribution in [0.4, 0.5) is 4.79 Å². The zero-order valence-corrected chi connectivity index (χ0v) is 17.8. The highest BCUT2D eigenvalue weighted by atomic mass is 79.9. The Bertz CT molecular complexity index is 919. The molecular weight excluding hydrogens is 426 g/mol. The highest BCUT2D eigenvalue weighted by molar-refractivity contribution is 9.10. The van der Waals surface area contributed by atoms with Crippen molar-refractivity contribution in [3.05, 3.63) is 34.2 Å². The molecule has 8 heteroatoms. The molecule has 1 aromatic heterocycles. The molecule has 0 bridgehead atoms. The number of fused-ring (bicyclic) bond motifs is 3. The summed E-state index contributed by atoms with van der Waals surface area (Å²) >= 11 is 3.46. The van der Waals surface area contributed by atoms with Crippen molar-refractivity contribution in [2.24, 2.45) is 0 Å². The number of benzene rings is 1. The standard InChI is InChI=1S/C20H24BrN3O4/c1-20(2,3)28-19(25)23-9-4-5-15(23)18-22-17-13-7-6-12(21)11-16(13)27-10-8-14(17)24(18)26/h6-7,11,15,26H,4-5,8-10H2,1-3H3/t15-/m0/s1. The van der Waals surface area contributed by atoms with E-state index in [4.69, 9.17) is 14.5 Å². The quantitative estimate of drug-likeness (QED) is 0.645. The van der Waals surface area contributed by atoms with E-state index in [0.717, 1.165) is 33.4 Å². The van der Waals surface area contributed by atoms with Crippen molar-refractivity contribution in [1.82, 2.24) is 14.6 Å². The van der Waals surface area contributed by atoms with Gasteiger partial charge in [-0.2, -0.15) is 4.73 Å².